The van der Waals surface area contributed by atoms with E-state index in [2.05, 4.69) is 54.6 Å². The maximum Gasteiger partial charge on any atom is 0.152 e. The molecule has 3 rings (SSSR count). The second kappa shape index (κ2) is 5.76. The molecule has 1 heteroatoms. The van der Waals surface area contributed by atoms with Crippen molar-refractivity contribution in [3.05, 3.63) is 78.4 Å². The van der Waals surface area contributed by atoms with E-state index in [-0.39, 0.29) is 5.78 Å². The van der Waals surface area contributed by atoms with E-state index < -0.39 is 0 Å². The standard InChI is InChI=1S/C20H16O/c1-15(21)9-10-16-11-13-18(14-12-16)20-8-4-6-17-5-2-3-7-19(17)20/h2-14H,1H3. The SMILES string of the molecule is CC(=O)C=Cc1ccc(-c2cccc3ccccc23)cc1. The fraction of sp³-hybridized carbons (Fsp3) is 0.0500. The zero-order chi connectivity index (χ0) is 14.7. The molecule has 0 aliphatic heterocycles. The molecule has 1 nitrogen and oxygen atoms in total. The third-order valence-electron chi connectivity index (χ3n) is 3.52. The van der Waals surface area contributed by atoms with Crippen LogP contribution in [-0.4, -0.2) is 5.78 Å². The van der Waals surface area contributed by atoms with Crippen molar-refractivity contribution >= 4 is 22.6 Å². The first-order valence-corrected chi connectivity index (χ1v) is 7.01. The van der Waals surface area contributed by atoms with Crippen molar-refractivity contribution < 1.29 is 4.79 Å². The first-order chi connectivity index (χ1) is 10.2. The van der Waals surface area contributed by atoms with Crippen molar-refractivity contribution in [3.63, 3.8) is 0 Å². The van der Waals surface area contributed by atoms with Gasteiger partial charge in [-0.1, -0.05) is 72.8 Å². The number of hydrogen-bond donors (Lipinski definition) is 0. The second-order valence-electron chi connectivity index (χ2n) is 5.09. The third-order valence-corrected chi connectivity index (χ3v) is 3.52. The first kappa shape index (κ1) is 13.3. The van der Waals surface area contributed by atoms with Crippen LogP contribution in [0, 0.1) is 0 Å². The molecule has 0 atom stereocenters. The van der Waals surface area contributed by atoms with Gasteiger partial charge in [0.25, 0.3) is 0 Å². The van der Waals surface area contributed by atoms with E-state index in [0.717, 1.165) is 5.56 Å². The molecule has 102 valence electrons. The van der Waals surface area contributed by atoms with Gasteiger partial charge in [-0.25, -0.2) is 0 Å². The monoisotopic (exact) mass is 272 g/mol. The van der Waals surface area contributed by atoms with E-state index in [1.807, 2.05) is 18.2 Å². The fourth-order valence-corrected chi connectivity index (χ4v) is 2.46. The van der Waals surface area contributed by atoms with Crippen molar-refractivity contribution in [2.75, 3.05) is 0 Å². The van der Waals surface area contributed by atoms with Gasteiger partial charge in [-0.3, -0.25) is 4.79 Å². The van der Waals surface area contributed by atoms with Crippen LogP contribution in [0.15, 0.2) is 72.8 Å². The van der Waals surface area contributed by atoms with Crippen molar-refractivity contribution in [1.29, 1.82) is 0 Å². The molecule has 0 unspecified atom stereocenters. The topological polar surface area (TPSA) is 17.1 Å². The summed E-state index contributed by atoms with van der Waals surface area (Å²) in [5, 5.41) is 2.50. The average Bonchev–Trinajstić information content (AvgIpc) is 2.53. The molecule has 0 spiro atoms. The molecule has 0 aliphatic rings. The highest BCUT2D eigenvalue weighted by molar-refractivity contribution is 5.96. The highest BCUT2D eigenvalue weighted by Crippen LogP contribution is 2.28. The van der Waals surface area contributed by atoms with Gasteiger partial charge >= 0.3 is 0 Å². The Labute approximate surface area is 124 Å². The number of carbonyl (C=O) groups is 1. The normalized spacial score (nSPS) is 11.1. The second-order valence-corrected chi connectivity index (χ2v) is 5.09. The summed E-state index contributed by atoms with van der Waals surface area (Å²) in [7, 11) is 0. The van der Waals surface area contributed by atoms with Crippen LogP contribution < -0.4 is 0 Å². The maximum atomic E-state index is 11.0. The molecule has 3 aromatic carbocycles. The molecular formula is C20H16O. The molecule has 0 saturated carbocycles. The Kier molecular flexibility index (Phi) is 3.65. The first-order valence-electron chi connectivity index (χ1n) is 7.01. The summed E-state index contributed by atoms with van der Waals surface area (Å²) in [4.78, 5) is 11.0. The zero-order valence-electron chi connectivity index (χ0n) is 11.9. The van der Waals surface area contributed by atoms with Crippen molar-refractivity contribution in [2.24, 2.45) is 0 Å². The van der Waals surface area contributed by atoms with Crippen LogP contribution in [0.3, 0.4) is 0 Å². The van der Waals surface area contributed by atoms with E-state index in [0.29, 0.717) is 0 Å². The molecule has 0 aliphatic carbocycles. The van der Waals surface area contributed by atoms with Crippen LogP contribution in [0.5, 0.6) is 0 Å². The van der Waals surface area contributed by atoms with Crippen LogP contribution in [0.4, 0.5) is 0 Å². The van der Waals surface area contributed by atoms with Crippen molar-refractivity contribution in [1.82, 2.24) is 0 Å². The molecule has 0 heterocycles. The predicted molar refractivity (Wildman–Crippen MR) is 89.1 cm³/mol. The highest BCUT2D eigenvalue weighted by Gasteiger charge is 2.02. The van der Waals surface area contributed by atoms with Crippen LogP contribution >= 0.6 is 0 Å². The molecule has 3 aromatic rings. The summed E-state index contributed by atoms with van der Waals surface area (Å²) >= 11 is 0. The van der Waals surface area contributed by atoms with Gasteiger partial charge in [0.1, 0.15) is 0 Å². The van der Waals surface area contributed by atoms with Crippen molar-refractivity contribution in [3.8, 4) is 11.1 Å². The van der Waals surface area contributed by atoms with Crippen LogP contribution in [0.25, 0.3) is 28.0 Å². The smallest absolute Gasteiger partial charge is 0.152 e. The van der Waals surface area contributed by atoms with E-state index in [4.69, 9.17) is 0 Å². The molecule has 0 radical (unpaired) electrons. The van der Waals surface area contributed by atoms with E-state index in [9.17, 15) is 4.79 Å². The minimum absolute atomic E-state index is 0.0631. The largest absolute Gasteiger partial charge is 0.295 e. The average molecular weight is 272 g/mol. The summed E-state index contributed by atoms with van der Waals surface area (Å²) in [6.07, 6.45) is 3.43. The Hall–Kier alpha value is -2.67. The Balaban J connectivity index is 2.01. The molecule has 0 fully saturated rings. The van der Waals surface area contributed by atoms with Gasteiger partial charge in [0.2, 0.25) is 0 Å². The lowest BCUT2D eigenvalue weighted by molar-refractivity contribution is -0.112. The van der Waals surface area contributed by atoms with Gasteiger partial charge in [0, 0.05) is 0 Å². The quantitative estimate of drug-likeness (QED) is 0.605. The predicted octanol–water partition coefficient (Wildman–Crippen LogP) is 5.11. The van der Waals surface area contributed by atoms with Gasteiger partial charge in [-0.15, -0.1) is 0 Å². The lowest BCUT2D eigenvalue weighted by Gasteiger charge is -2.07. The Morgan fingerprint density at radius 1 is 0.857 bits per heavy atom. The van der Waals surface area contributed by atoms with Gasteiger partial charge in [-0.05, 0) is 40.5 Å². The van der Waals surface area contributed by atoms with E-state index in [1.165, 1.54) is 21.9 Å². The van der Waals surface area contributed by atoms with Crippen LogP contribution in [0.1, 0.15) is 12.5 Å². The molecule has 0 saturated heterocycles. The summed E-state index contributed by atoms with van der Waals surface area (Å²) < 4.78 is 0. The fourth-order valence-electron chi connectivity index (χ4n) is 2.46. The Bertz CT molecular complexity index is 805. The molecule has 0 bridgehead atoms. The van der Waals surface area contributed by atoms with Gasteiger partial charge in [-0.2, -0.15) is 0 Å². The lowest BCUT2D eigenvalue weighted by Crippen LogP contribution is -1.83. The van der Waals surface area contributed by atoms with Crippen LogP contribution in [0.2, 0.25) is 0 Å². The van der Waals surface area contributed by atoms with E-state index >= 15 is 0 Å². The molecular weight excluding hydrogens is 256 g/mol. The minimum Gasteiger partial charge on any atom is -0.295 e. The summed E-state index contributed by atoms with van der Waals surface area (Å²) in [6.45, 7) is 1.56. The number of hydrogen-bond acceptors (Lipinski definition) is 1. The number of allylic oxidation sites excluding steroid dienone is 1. The number of ketones is 1. The van der Waals surface area contributed by atoms with Crippen LogP contribution in [-0.2, 0) is 4.79 Å². The number of benzene rings is 3. The zero-order valence-corrected chi connectivity index (χ0v) is 11.9. The Morgan fingerprint density at radius 3 is 2.33 bits per heavy atom. The number of carbonyl (C=O) groups excluding carboxylic acids is 1. The lowest BCUT2D eigenvalue weighted by atomic mass is 9.97. The minimum atomic E-state index is 0.0631. The highest BCUT2D eigenvalue weighted by atomic mass is 16.1. The number of rotatable bonds is 3. The van der Waals surface area contributed by atoms with E-state index in [1.54, 1.807) is 13.0 Å². The Morgan fingerprint density at radius 2 is 1.57 bits per heavy atom. The summed E-state index contributed by atoms with van der Waals surface area (Å²) in [5.74, 6) is 0.0631. The number of fused-ring (bicyclic) bond motifs is 1. The summed E-state index contributed by atoms with van der Waals surface area (Å²) in [6, 6.07) is 23.0. The summed E-state index contributed by atoms with van der Waals surface area (Å²) in [5.41, 5.74) is 3.45. The third kappa shape index (κ3) is 2.92. The molecule has 0 aromatic heterocycles. The van der Waals surface area contributed by atoms with Gasteiger partial charge in [0.15, 0.2) is 5.78 Å². The maximum absolute atomic E-state index is 11.0. The van der Waals surface area contributed by atoms with Gasteiger partial charge < -0.3 is 0 Å². The molecule has 0 amide bonds. The molecule has 0 N–H and O–H groups in total. The molecule has 21 heavy (non-hydrogen) atoms. The van der Waals surface area contributed by atoms with Gasteiger partial charge in [0.05, 0.1) is 0 Å². The van der Waals surface area contributed by atoms with Crippen molar-refractivity contribution in [2.45, 2.75) is 6.92 Å².